The predicted molar refractivity (Wildman–Crippen MR) is 111 cm³/mol. The maximum atomic E-state index is 4.77. The van der Waals surface area contributed by atoms with E-state index in [0.717, 1.165) is 31.9 Å². The van der Waals surface area contributed by atoms with E-state index < -0.39 is 0 Å². The molecule has 0 amide bonds. The minimum absolute atomic E-state index is 0.389. The second-order valence-corrected chi connectivity index (χ2v) is 8.18. The van der Waals surface area contributed by atoms with E-state index in [-0.39, 0.29) is 0 Å². The Kier molecular flexibility index (Phi) is 5.69. The van der Waals surface area contributed by atoms with Crippen LogP contribution >= 0.6 is 11.3 Å². The summed E-state index contributed by atoms with van der Waals surface area (Å²) in [5.74, 6) is 0.545. The van der Waals surface area contributed by atoms with Gasteiger partial charge in [0.15, 0.2) is 0 Å². The van der Waals surface area contributed by atoms with Crippen molar-refractivity contribution >= 4 is 11.3 Å². The van der Waals surface area contributed by atoms with Gasteiger partial charge in [-0.15, -0.1) is 11.3 Å². The van der Waals surface area contributed by atoms with Crippen molar-refractivity contribution in [3.8, 4) is 0 Å². The van der Waals surface area contributed by atoms with E-state index in [0.29, 0.717) is 12.0 Å². The molecule has 0 aliphatic carbocycles. The normalized spacial score (nSPS) is 19.6. The molecule has 2 unspecified atom stereocenters. The summed E-state index contributed by atoms with van der Waals surface area (Å²) in [7, 11) is 0. The largest absolute Gasteiger partial charge is 0.312 e. The Hall–Kier alpha value is -1.99. The lowest BCUT2D eigenvalue weighted by molar-refractivity contribution is 0.446. The second-order valence-electron chi connectivity index (χ2n) is 7.20. The first-order valence-electron chi connectivity index (χ1n) is 9.51. The van der Waals surface area contributed by atoms with E-state index in [1.165, 1.54) is 21.7 Å². The highest BCUT2D eigenvalue weighted by molar-refractivity contribution is 7.10. The van der Waals surface area contributed by atoms with Crippen LogP contribution in [-0.2, 0) is 13.1 Å². The molecule has 3 heterocycles. The van der Waals surface area contributed by atoms with Crippen molar-refractivity contribution in [2.45, 2.75) is 33.0 Å². The average molecular weight is 382 g/mol. The molecule has 3 N–H and O–H groups in total. The molecule has 2 atom stereocenters. The second kappa shape index (κ2) is 8.35. The maximum Gasteiger partial charge on any atom is 0.0662 e. The summed E-state index contributed by atoms with van der Waals surface area (Å²) >= 11 is 1.82. The highest BCUT2D eigenvalue weighted by Crippen LogP contribution is 2.28. The Morgan fingerprint density at radius 1 is 1.19 bits per heavy atom. The number of hydrazine groups is 1. The molecular formula is C21H27N5S. The highest BCUT2D eigenvalue weighted by Gasteiger charge is 2.28. The standard InChI is InChI=1S/C21H27N5S/c1-15-19(16(2)26(25-15)14-17-7-4-3-5-8-17)13-22-11-18-12-23-24-21(18)20-9-6-10-27-20/h3-10,18,21-24H,11-14H2,1-2H3. The van der Waals surface area contributed by atoms with Gasteiger partial charge in [-0.2, -0.15) is 5.10 Å². The predicted octanol–water partition coefficient (Wildman–Crippen LogP) is 3.16. The summed E-state index contributed by atoms with van der Waals surface area (Å²) in [5, 5.41) is 10.6. The van der Waals surface area contributed by atoms with Gasteiger partial charge in [-0.25, -0.2) is 5.43 Å². The third kappa shape index (κ3) is 4.14. The molecule has 5 nitrogen and oxygen atoms in total. The molecule has 4 rings (SSSR count). The van der Waals surface area contributed by atoms with Gasteiger partial charge >= 0.3 is 0 Å². The van der Waals surface area contributed by atoms with E-state index in [1.807, 2.05) is 11.3 Å². The summed E-state index contributed by atoms with van der Waals surface area (Å²) in [5.41, 5.74) is 11.7. The Bertz CT molecular complexity index is 856. The molecule has 1 saturated heterocycles. The van der Waals surface area contributed by atoms with Crippen molar-refractivity contribution in [3.05, 3.63) is 75.2 Å². The number of hydrogen-bond acceptors (Lipinski definition) is 5. The molecule has 6 heteroatoms. The SMILES string of the molecule is Cc1nn(Cc2ccccc2)c(C)c1CNCC1CNNC1c1cccs1. The van der Waals surface area contributed by atoms with Crippen LogP contribution in [0.15, 0.2) is 47.8 Å². The Labute approximate surface area is 164 Å². The van der Waals surface area contributed by atoms with Gasteiger partial charge in [0.1, 0.15) is 0 Å². The van der Waals surface area contributed by atoms with Crippen molar-refractivity contribution in [1.29, 1.82) is 0 Å². The van der Waals surface area contributed by atoms with Crippen molar-refractivity contribution in [3.63, 3.8) is 0 Å². The van der Waals surface area contributed by atoms with Gasteiger partial charge in [0, 0.05) is 41.7 Å². The number of aromatic nitrogens is 2. The van der Waals surface area contributed by atoms with Crippen molar-refractivity contribution in [1.82, 2.24) is 25.9 Å². The number of aryl methyl sites for hydroxylation is 1. The monoisotopic (exact) mass is 381 g/mol. The molecule has 1 aliphatic heterocycles. The highest BCUT2D eigenvalue weighted by atomic mass is 32.1. The summed E-state index contributed by atoms with van der Waals surface area (Å²) in [6.07, 6.45) is 0. The number of nitrogens with zero attached hydrogens (tertiary/aromatic N) is 2. The molecule has 1 aliphatic rings. The maximum absolute atomic E-state index is 4.77. The number of rotatable bonds is 7. The first-order valence-corrected chi connectivity index (χ1v) is 10.4. The van der Waals surface area contributed by atoms with Gasteiger partial charge in [-0.05, 0) is 30.9 Å². The number of nitrogens with one attached hydrogen (secondary N) is 3. The lowest BCUT2D eigenvalue weighted by atomic mass is 10.0. The first kappa shape index (κ1) is 18.4. The third-order valence-corrected chi connectivity index (χ3v) is 6.31. The van der Waals surface area contributed by atoms with Gasteiger partial charge in [-0.1, -0.05) is 36.4 Å². The van der Waals surface area contributed by atoms with Crippen LogP contribution < -0.4 is 16.2 Å². The molecule has 0 radical (unpaired) electrons. The van der Waals surface area contributed by atoms with Gasteiger partial charge in [0.2, 0.25) is 0 Å². The molecule has 0 spiro atoms. The zero-order chi connectivity index (χ0) is 18.6. The zero-order valence-corrected chi connectivity index (χ0v) is 16.7. The van der Waals surface area contributed by atoms with E-state index >= 15 is 0 Å². The minimum Gasteiger partial charge on any atom is -0.312 e. The number of thiophene rings is 1. The molecule has 1 aromatic carbocycles. The van der Waals surface area contributed by atoms with E-state index in [9.17, 15) is 0 Å². The summed E-state index contributed by atoms with van der Waals surface area (Å²) < 4.78 is 2.12. The molecule has 3 aromatic rings. The minimum atomic E-state index is 0.389. The van der Waals surface area contributed by atoms with Crippen molar-refractivity contribution in [2.75, 3.05) is 13.1 Å². The van der Waals surface area contributed by atoms with Gasteiger partial charge in [0.25, 0.3) is 0 Å². The van der Waals surface area contributed by atoms with E-state index in [4.69, 9.17) is 5.10 Å². The molecular weight excluding hydrogens is 354 g/mol. The quantitative estimate of drug-likeness (QED) is 0.588. The molecule has 1 fully saturated rings. The molecule has 0 saturated carbocycles. The van der Waals surface area contributed by atoms with Crippen molar-refractivity contribution < 1.29 is 0 Å². The first-order chi connectivity index (χ1) is 13.2. The molecule has 0 bridgehead atoms. The Morgan fingerprint density at radius 3 is 2.81 bits per heavy atom. The average Bonchev–Trinajstić information content (AvgIpc) is 3.40. The fourth-order valence-electron chi connectivity index (χ4n) is 3.78. The zero-order valence-electron chi connectivity index (χ0n) is 15.9. The summed E-state index contributed by atoms with van der Waals surface area (Å²) in [6, 6.07) is 15.2. The smallest absolute Gasteiger partial charge is 0.0662 e. The fraction of sp³-hybridized carbons (Fsp3) is 0.381. The topological polar surface area (TPSA) is 53.9 Å². The Balaban J connectivity index is 1.37. The number of hydrogen-bond donors (Lipinski definition) is 3. The van der Waals surface area contributed by atoms with Crippen LogP contribution in [0.3, 0.4) is 0 Å². The lowest BCUT2D eigenvalue weighted by Gasteiger charge is -2.17. The van der Waals surface area contributed by atoms with Crippen LogP contribution in [0, 0.1) is 19.8 Å². The molecule has 2 aromatic heterocycles. The summed E-state index contributed by atoms with van der Waals surface area (Å²) in [6.45, 7) is 7.93. The fourth-order valence-corrected chi connectivity index (χ4v) is 4.65. The van der Waals surface area contributed by atoms with Gasteiger partial charge < -0.3 is 5.32 Å². The Morgan fingerprint density at radius 2 is 2.04 bits per heavy atom. The van der Waals surface area contributed by atoms with Gasteiger partial charge in [-0.3, -0.25) is 10.1 Å². The van der Waals surface area contributed by atoms with Crippen LogP contribution in [0.4, 0.5) is 0 Å². The van der Waals surface area contributed by atoms with E-state index in [2.05, 4.69) is 82.5 Å². The third-order valence-electron chi connectivity index (χ3n) is 5.36. The van der Waals surface area contributed by atoms with Crippen LogP contribution in [0.2, 0.25) is 0 Å². The number of benzene rings is 1. The molecule has 27 heavy (non-hydrogen) atoms. The lowest BCUT2D eigenvalue weighted by Crippen LogP contribution is -2.28. The van der Waals surface area contributed by atoms with Crippen LogP contribution in [0.1, 0.15) is 33.4 Å². The van der Waals surface area contributed by atoms with E-state index in [1.54, 1.807) is 0 Å². The van der Waals surface area contributed by atoms with Crippen molar-refractivity contribution in [2.24, 2.45) is 5.92 Å². The summed E-state index contributed by atoms with van der Waals surface area (Å²) in [4.78, 5) is 1.40. The van der Waals surface area contributed by atoms with Gasteiger partial charge in [0.05, 0.1) is 18.3 Å². The van der Waals surface area contributed by atoms with Crippen LogP contribution in [0.5, 0.6) is 0 Å². The van der Waals surface area contributed by atoms with Crippen LogP contribution in [0.25, 0.3) is 0 Å². The van der Waals surface area contributed by atoms with Crippen LogP contribution in [-0.4, -0.2) is 22.9 Å². The molecule has 142 valence electrons.